The second kappa shape index (κ2) is 22.0. The summed E-state index contributed by atoms with van der Waals surface area (Å²) in [5.74, 6) is 0.0370. The standard InChI is InChI=1S/C18H33P.C6H15Si.C5H10O2.Ir/c1-4-10-16(11-5-1)19(17-12-6-2-7-13-17)18-14-8-3-9-15-18;1-4-7(5-2)6-3;1-4(6)3-5(2)7;/h16-18H,1-15H2;4-6H2,1-3H3;4,6H,3H2,1-2H3;. The molecule has 204 valence electrons. The molecule has 0 spiro atoms. The van der Waals surface area contributed by atoms with E-state index in [0.717, 1.165) is 0 Å². The molecular formula is C29H58IrO2PSi. The smallest absolute Gasteiger partial charge is 0.132 e. The van der Waals surface area contributed by atoms with Crippen molar-refractivity contribution in [2.24, 2.45) is 0 Å². The van der Waals surface area contributed by atoms with E-state index in [4.69, 9.17) is 5.11 Å². The van der Waals surface area contributed by atoms with Gasteiger partial charge in [0.1, 0.15) is 5.78 Å². The zero-order valence-corrected chi connectivity index (χ0v) is 27.7. The van der Waals surface area contributed by atoms with Crippen molar-refractivity contribution in [3.63, 3.8) is 0 Å². The minimum Gasteiger partial charge on any atom is -0.393 e. The predicted molar refractivity (Wildman–Crippen MR) is 152 cm³/mol. The van der Waals surface area contributed by atoms with Gasteiger partial charge in [-0.3, -0.25) is 4.79 Å². The zero-order valence-electron chi connectivity index (χ0n) is 23.4. The molecule has 0 saturated heterocycles. The first-order chi connectivity index (χ1) is 15.9. The monoisotopic (exact) mass is 690 g/mol. The van der Waals surface area contributed by atoms with E-state index < -0.39 is 6.10 Å². The molecule has 1 unspecified atom stereocenters. The maximum Gasteiger partial charge on any atom is 0.132 e. The number of aliphatic hydroxyl groups is 1. The normalized spacial score (nSPS) is 21.1. The van der Waals surface area contributed by atoms with Gasteiger partial charge in [0, 0.05) is 35.3 Å². The van der Waals surface area contributed by atoms with Gasteiger partial charge in [-0.2, -0.15) is 0 Å². The fourth-order valence-corrected chi connectivity index (χ4v) is 12.4. The summed E-state index contributed by atoms with van der Waals surface area (Å²) in [5, 5.41) is 8.50. The molecule has 0 bridgehead atoms. The van der Waals surface area contributed by atoms with Gasteiger partial charge in [-0.1, -0.05) is 105 Å². The van der Waals surface area contributed by atoms with E-state index in [1.165, 1.54) is 61.3 Å². The Morgan fingerprint density at radius 3 is 1.18 bits per heavy atom. The molecule has 3 saturated carbocycles. The second-order valence-corrected chi connectivity index (χ2v) is 17.6. The van der Waals surface area contributed by atoms with Crippen LogP contribution in [0.2, 0.25) is 18.1 Å². The Hall–Kier alpha value is 0.926. The number of hydrogen-bond acceptors (Lipinski definition) is 2. The molecule has 2 radical (unpaired) electrons. The van der Waals surface area contributed by atoms with Gasteiger partial charge in [-0.15, -0.1) is 0 Å². The molecule has 3 fully saturated rings. The first kappa shape index (κ1) is 34.9. The SMILES string of the molecule is C1CCC(P(C2CCCCC2)C2CCCCC2)CC1.CC(=O)CC(C)O.CC[Si](CC)CC.[Ir]. The molecule has 34 heavy (non-hydrogen) atoms. The van der Waals surface area contributed by atoms with Crippen LogP contribution in [0.5, 0.6) is 0 Å². The first-order valence-electron chi connectivity index (χ1n) is 14.7. The summed E-state index contributed by atoms with van der Waals surface area (Å²) in [6.07, 6.45) is 23.4. The topological polar surface area (TPSA) is 37.3 Å². The molecule has 0 aromatic carbocycles. The minimum atomic E-state index is -0.475. The third kappa shape index (κ3) is 15.2. The van der Waals surface area contributed by atoms with E-state index in [-0.39, 0.29) is 41.1 Å². The number of ketones is 1. The summed E-state index contributed by atoms with van der Waals surface area (Å²) in [6.45, 7) is 9.98. The van der Waals surface area contributed by atoms with Crippen molar-refractivity contribution < 1.29 is 30.0 Å². The molecule has 3 aliphatic carbocycles. The Bertz CT molecular complexity index is 420. The molecular weight excluding hydrogens is 632 g/mol. The van der Waals surface area contributed by atoms with Crippen molar-refractivity contribution in [2.45, 2.75) is 179 Å². The van der Waals surface area contributed by atoms with Crippen LogP contribution in [-0.2, 0) is 24.9 Å². The van der Waals surface area contributed by atoms with Crippen molar-refractivity contribution in [3.8, 4) is 0 Å². The molecule has 0 aliphatic heterocycles. The third-order valence-corrected chi connectivity index (χ3v) is 15.2. The predicted octanol–water partition coefficient (Wildman–Crippen LogP) is 9.35. The molecule has 2 nitrogen and oxygen atoms in total. The zero-order chi connectivity index (χ0) is 24.5. The average Bonchev–Trinajstić information content (AvgIpc) is 2.82. The van der Waals surface area contributed by atoms with Crippen LogP contribution >= 0.6 is 7.92 Å². The van der Waals surface area contributed by atoms with Gasteiger partial charge in [0.15, 0.2) is 0 Å². The van der Waals surface area contributed by atoms with Crippen LogP contribution in [0.1, 0.15) is 137 Å². The molecule has 0 aromatic rings. The summed E-state index contributed by atoms with van der Waals surface area (Å²) < 4.78 is 0. The van der Waals surface area contributed by atoms with Crippen LogP contribution in [0.15, 0.2) is 0 Å². The number of aliphatic hydroxyl groups excluding tert-OH is 1. The fourth-order valence-electron chi connectivity index (χ4n) is 6.20. The van der Waals surface area contributed by atoms with Gasteiger partial charge >= 0.3 is 0 Å². The molecule has 1 atom stereocenters. The Labute approximate surface area is 230 Å². The van der Waals surface area contributed by atoms with E-state index >= 15 is 0 Å². The van der Waals surface area contributed by atoms with Crippen molar-refractivity contribution in [1.29, 1.82) is 0 Å². The van der Waals surface area contributed by atoms with Gasteiger partial charge in [0.2, 0.25) is 0 Å². The van der Waals surface area contributed by atoms with Crippen molar-refractivity contribution in [2.75, 3.05) is 0 Å². The molecule has 0 aromatic heterocycles. The Balaban J connectivity index is 0.000000609. The maximum atomic E-state index is 10.1. The van der Waals surface area contributed by atoms with Gasteiger partial charge < -0.3 is 5.11 Å². The van der Waals surface area contributed by atoms with Gasteiger partial charge in [0.05, 0.1) is 6.10 Å². The third-order valence-electron chi connectivity index (χ3n) is 8.07. The summed E-state index contributed by atoms with van der Waals surface area (Å²) in [6, 6.07) is 4.37. The summed E-state index contributed by atoms with van der Waals surface area (Å²) in [4.78, 5) is 10.1. The number of carbonyl (C=O) groups is 1. The maximum absolute atomic E-state index is 10.1. The van der Waals surface area contributed by atoms with E-state index in [1.54, 1.807) is 84.0 Å². The Kier molecular flexibility index (Phi) is 22.6. The van der Waals surface area contributed by atoms with Crippen LogP contribution < -0.4 is 0 Å². The summed E-state index contributed by atoms with van der Waals surface area (Å²) in [5.41, 5.74) is 3.57. The van der Waals surface area contributed by atoms with Crippen LogP contribution in [0.3, 0.4) is 0 Å². The first-order valence-corrected chi connectivity index (χ1v) is 18.4. The van der Waals surface area contributed by atoms with Crippen LogP contribution in [0.25, 0.3) is 0 Å². The van der Waals surface area contributed by atoms with E-state index in [1.807, 2.05) is 0 Å². The second-order valence-electron chi connectivity index (χ2n) is 10.9. The fraction of sp³-hybridized carbons (Fsp3) is 0.966. The largest absolute Gasteiger partial charge is 0.393 e. The Morgan fingerprint density at radius 1 is 0.735 bits per heavy atom. The van der Waals surface area contributed by atoms with Gasteiger partial charge in [0.25, 0.3) is 0 Å². The summed E-state index contributed by atoms with van der Waals surface area (Å²) in [7, 11) is 0.522. The van der Waals surface area contributed by atoms with Crippen molar-refractivity contribution in [1.82, 2.24) is 0 Å². The number of carbonyl (C=O) groups excluding carboxylic acids is 1. The quantitative estimate of drug-likeness (QED) is 0.204. The molecule has 0 heterocycles. The van der Waals surface area contributed by atoms with Crippen LogP contribution in [0.4, 0.5) is 0 Å². The molecule has 3 rings (SSSR count). The van der Waals surface area contributed by atoms with Crippen LogP contribution in [-0.4, -0.2) is 42.8 Å². The molecule has 3 aliphatic rings. The average molecular weight is 690 g/mol. The van der Waals surface area contributed by atoms with Crippen LogP contribution in [0, 0.1) is 0 Å². The molecule has 5 heteroatoms. The van der Waals surface area contributed by atoms with E-state index in [0.29, 0.717) is 7.92 Å². The van der Waals surface area contributed by atoms with Gasteiger partial charge in [-0.25, -0.2) is 0 Å². The van der Waals surface area contributed by atoms with Crippen molar-refractivity contribution in [3.05, 3.63) is 0 Å². The number of Topliss-reactive ketones (excluding diaryl/α,β-unsaturated/α-hetero) is 1. The van der Waals surface area contributed by atoms with Gasteiger partial charge in [-0.05, 0) is 69.3 Å². The van der Waals surface area contributed by atoms with Crippen molar-refractivity contribution >= 4 is 22.5 Å². The number of hydrogen-bond donors (Lipinski definition) is 1. The summed E-state index contributed by atoms with van der Waals surface area (Å²) >= 11 is 0. The van der Waals surface area contributed by atoms with E-state index in [9.17, 15) is 4.79 Å². The molecule has 1 N–H and O–H groups in total. The Morgan fingerprint density at radius 2 is 1.03 bits per heavy atom. The number of rotatable bonds is 8. The molecule has 0 amide bonds. The van der Waals surface area contributed by atoms with E-state index in [2.05, 4.69) is 20.8 Å². The minimum absolute atomic E-state index is 0.